The summed E-state index contributed by atoms with van der Waals surface area (Å²) in [7, 11) is 2.03. The molecule has 0 bridgehead atoms. The van der Waals surface area contributed by atoms with Crippen molar-refractivity contribution >= 4 is 0 Å². The van der Waals surface area contributed by atoms with E-state index in [1.807, 2.05) is 20.2 Å². The lowest BCUT2D eigenvalue weighted by Crippen LogP contribution is -2.19. The van der Waals surface area contributed by atoms with E-state index in [1.54, 1.807) is 6.20 Å². The summed E-state index contributed by atoms with van der Waals surface area (Å²) in [5.74, 6) is 2.14. The maximum Gasteiger partial charge on any atom is 0.137 e. The zero-order chi connectivity index (χ0) is 14.7. The van der Waals surface area contributed by atoms with Crippen LogP contribution in [-0.4, -0.2) is 18.6 Å². The molecule has 1 N–H and O–H groups in total. The normalized spacial score (nSPS) is 21.8. The monoisotopic (exact) mass is 282 g/mol. The standard InChI is InChI=1S/C18H22N2O/c1-3-21-15-9-14(11-20-12-15)18(19-2)17-10-16(17)13-7-5-4-6-8-13/h4-9,11-12,16-19H,3,10H2,1-2H3. The van der Waals surface area contributed by atoms with Crippen LogP contribution in [0.25, 0.3) is 0 Å². The first-order valence-corrected chi connectivity index (χ1v) is 7.63. The number of pyridine rings is 1. The van der Waals surface area contributed by atoms with Crippen LogP contribution >= 0.6 is 0 Å². The smallest absolute Gasteiger partial charge is 0.137 e. The Morgan fingerprint density at radius 3 is 2.81 bits per heavy atom. The molecule has 0 amide bonds. The van der Waals surface area contributed by atoms with Crippen LogP contribution in [0.2, 0.25) is 0 Å². The van der Waals surface area contributed by atoms with E-state index in [0.717, 1.165) is 5.75 Å². The van der Waals surface area contributed by atoms with Gasteiger partial charge in [-0.3, -0.25) is 4.98 Å². The van der Waals surface area contributed by atoms with E-state index in [1.165, 1.54) is 17.5 Å². The van der Waals surface area contributed by atoms with Crippen molar-refractivity contribution in [1.82, 2.24) is 10.3 Å². The topological polar surface area (TPSA) is 34.1 Å². The fraction of sp³-hybridized carbons (Fsp3) is 0.389. The van der Waals surface area contributed by atoms with Gasteiger partial charge in [0.2, 0.25) is 0 Å². The lowest BCUT2D eigenvalue weighted by Gasteiger charge is -2.17. The second-order valence-corrected chi connectivity index (χ2v) is 5.57. The molecular formula is C18H22N2O. The maximum absolute atomic E-state index is 5.56. The van der Waals surface area contributed by atoms with Crippen LogP contribution in [0.4, 0.5) is 0 Å². The van der Waals surface area contributed by atoms with Crippen molar-refractivity contribution in [2.45, 2.75) is 25.3 Å². The van der Waals surface area contributed by atoms with Crippen LogP contribution in [-0.2, 0) is 0 Å². The Balaban J connectivity index is 1.76. The number of aromatic nitrogens is 1. The number of benzene rings is 1. The van der Waals surface area contributed by atoms with Crippen molar-refractivity contribution in [2.24, 2.45) is 5.92 Å². The zero-order valence-corrected chi connectivity index (χ0v) is 12.6. The Morgan fingerprint density at radius 2 is 2.10 bits per heavy atom. The summed E-state index contributed by atoms with van der Waals surface area (Å²) in [6.45, 7) is 2.67. The van der Waals surface area contributed by atoms with Gasteiger partial charge in [-0.05, 0) is 49.4 Å². The van der Waals surface area contributed by atoms with Crippen LogP contribution < -0.4 is 10.1 Å². The summed E-state index contributed by atoms with van der Waals surface area (Å²) in [4.78, 5) is 4.32. The molecule has 3 atom stereocenters. The quantitative estimate of drug-likeness (QED) is 0.880. The molecule has 0 radical (unpaired) electrons. The van der Waals surface area contributed by atoms with Gasteiger partial charge in [0.15, 0.2) is 0 Å². The van der Waals surface area contributed by atoms with E-state index in [-0.39, 0.29) is 0 Å². The molecule has 1 heterocycles. The lowest BCUT2D eigenvalue weighted by molar-refractivity contribution is 0.337. The summed E-state index contributed by atoms with van der Waals surface area (Å²) in [6.07, 6.45) is 4.96. The highest BCUT2D eigenvalue weighted by Crippen LogP contribution is 2.53. The highest BCUT2D eigenvalue weighted by molar-refractivity contribution is 5.32. The molecule has 3 unspecified atom stereocenters. The molecule has 1 saturated carbocycles. The Labute approximate surface area is 126 Å². The van der Waals surface area contributed by atoms with Crippen LogP contribution in [0.5, 0.6) is 5.75 Å². The number of hydrogen-bond donors (Lipinski definition) is 1. The van der Waals surface area contributed by atoms with Gasteiger partial charge in [-0.25, -0.2) is 0 Å². The van der Waals surface area contributed by atoms with Crippen molar-refractivity contribution in [3.63, 3.8) is 0 Å². The fourth-order valence-corrected chi connectivity index (χ4v) is 3.15. The van der Waals surface area contributed by atoms with Crippen LogP contribution in [0.3, 0.4) is 0 Å². The molecule has 3 nitrogen and oxygen atoms in total. The molecule has 0 saturated heterocycles. The van der Waals surface area contributed by atoms with E-state index >= 15 is 0 Å². The fourth-order valence-electron chi connectivity index (χ4n) is 3.15. The first kappa shape index (κ1) is 14.1. The summed E-state index contributed by atoms with van der Waals surface area (Å²) in [5.41, 5.74) is 2.66. The first-order chi connectivity index (χ1) is 10.3. The van der Waals surface area contributed by atoms with E-state index in [0.29, 0.717) is 24.5 Å². The first-order valence-electron chi connectivity index (χ1n) is 7.63. The number of rotatable bonds is 6. The predicted octanol–water partition coefficient (Wildman–Crippen LogP) is 3.54. The van der Waals surface area contributed by atoms with Gasteiger partial charge in [0.25, 0.3) is 0 Å². The third-order valence-corrected chi connectivity index (χ3v) is 4.21. The third-order valence-electron chi connectivity index (χ3n) is 4.21. The maximum atomic E-state index is 5.56. The lowest BCUT2D eigenvalue weighted by atomic mass is 10.00. The molecule has 1 fully saturated rings. The Hall–Kier alpha value is -1.87. The molecule has 0 spiro atoms. The minimum Gasteiger partial charge on any atom is -0.492 e. The molecule has 1 aromatic heterocycles. The van der Waals surface area contributed by atoms with Crippen molar-refractivity contribution in [1.29, 1.82) is 0 Å². The SMILES string of the molecule is CCOc1cncc(C(NC)C2CC2c2ccccc2)c1. The summed E-state index contributed by atoms with van der Waals surface area (Å²) >= 11 is 0. The summed E-state index contributed by atoms with van der Waals surface area (Å²) < 4.78 is 5.56. The van der Waals surface area contributed by atoms with Gasteiger partial charge in [-0.1, -0.05) is 30.3 Å². The van der Waals surface area contributed by atoms with Crippen LogP contribution in [0.15, 0.2) is 48.8 Å². The molecule has 21 heavy (non-hydrogen) atoms. The largest absolute Gasteiger partial charge is 0.492 e. The van der Waals surface area contributed by atoms with Gasteiger partial charge in [-0.2, -0.15) is 0 Å². The molecule has 3 heteroatoms. The van der Waals surface area contributed by atoms with Crippen molar-refractivity contribution in [2.75, 3.05) is 13.7 Å². The van der Waals surface area contributed by atoms with E-state index < -0.39 is 0 Å². The molecule has 1 aliphatic carbocycles. The van der Waals surface area contributed by atoms with Crippen molar-refractivity contribution < 1.29 is 4.74 Å². The van der Waals surface area contributed by atoms with Gasteiger partial charge in [0, 0.05) is 12.2 Å². The van der Waals surface area contributed by atoms with Gasteiger partial charge in [0.05, 0.1) is 12.8 Å². The highest BCUT2D eigenvalue weighted by Gasteiger charge is 2.43. The average molecular weight is 282 g/mol. The second kappa shape index (κ2) is 6.27. The van der Waals surface area contributed by atoms with Gasteiger partial charge < -0.3 is 10.1 Å². The number of hydrogen-bond acceptors (Lipinski definition) is 3. The summed E-state index contributed by atoms with van der Waals surface area (Å²) in [5, 5.41) is 3.45. The number of nitrogens with one attached hydrogen (secondary N) is 1. The van der Waals surface area contributed by atoms with E-state index in [2.05, 4.69) is 46.7 Å². The number of nitrogens with zero attached hydrogens (tertiary/aromatic N) is 1. The van der Waals surface area contributed by atoms with Crippen LogP contribution in [0.1, 0.15) is 36.4 Å². The van der Waals surface area contributed by atoms with Gasteiger partial charge in [-0.15, -0.1) is 0 Å². The Kier molecular flexibility index (Phi) is 4.20. The Morgan fingerprint density at radius 1 is 1.29 bits per heavy atom. The second-order valence-electron chi connectivity index (χ2n) is 5.57. The van der Waals surface area contributed by atoms with Gasteiger partial charge >= 0.3 is 0 Å². The molecule has 2 aromatic rings. The Bertz CT molecular complexity index is 585. The predicted molar refractivity (Wildman–Crippen MR) is 84.5 cm³/mol. The van der Waals surface area contributed by atoms with E-state index in [9.17, 15) is 0 Å². The molecule has 1 aromatic carbocycles. The summed E-state index contributed by atoms with van der Waals surface area (Å²) in [6, 6.07) is 13.2. The number of ether oxygens (including phenoxy) is 1. The van der Waals surface area contributed by atoms with Gasteiger partial charge in [0.1, 0.15) is 5.75 Å². The van der Waals surface area contributed by atoms with Crippen LogP contribution in [0, 0.1) is 5.92 Å². The minimum absolute atomic E-state index is 0.336. The van der Waals surface area contributed by atoms with E-state index in [4.69, 9.17) is 4.74 Å². The highest BCUT2D eigenvalue weighted by atomic mass is 16.5. The molecule has 0 aliphatic heterocycles. The average Bonchev–Trinajstić information content (AvgIpc) is 3.30. The van der Waals surface area contributed by atoms with Crippen molar-refractivity contribution in [3.05, 3.63) is 59.9 Å². The molecule has 1 aliphatic rings. The third kappa shape index (κ3) is 3.08. The zero-order valence-electron chi connectivity index (χ0n) is 12.6. The van der Waals surface area contributed by atoms with Crippen molar-refractivity contribution in [3.8, 4) is 5.75 Å². The molecular weight excluding hydrogens is 260 g/mol. The molecule has 3 rings (SSSR count). The minimum atomic E-state index is 0.336. The molecule has 110 valence electrons.